The van der Waals surface area contributed by atoms with Crippen LogP contribution < -0.4 is 0 Å². The van der Waals surface area contributed by atoms with E-state index in [4.69, 9.17) is 0 Å². The maximum absolute atomic E-state index is 2.00. The average Bonchev–Trinajstić information content (AvgIpc) is 3.45. The third-order valence-corrected chi connectivity index (χ3v) is 0. The minimum absolute atomic E-state index is 0. The second-order valence-corrected chi connectivity index (χ2v) is 0. The van der Waals surface area contributed by atoms with Gasteiger partial charge < -0.3 is 0 Å². The molecule has 0 aromatic heterocycles. The molecule has 0 aromatic rings. The van der Waals surface area contributed by atoms with E-state index in [-0.39, 0.29) is 111 Å². The molecule has 71 heavy (non-hydrogen) atoms. The van der Waals surface area contributed by atoms with Gasteiger partial charge in [0.15, 0.2) is 0 Å². The number of hydrogen-bond acceptors (Lipinski definition) is 0. The summed E-state index contributed by atoms with van der Waals surface area (Å²) in [4.78, 5) is 0. The van der Waals surface area contributed by atoms with E-state index in [1.165, 1.54) is 0 Å². The molecule has 0 amide bonds. The van der Waals surface area contributed by atoms with Crippen LogP contribution in [0.15, 0.2) is 0 Å². The Labute approximate surface area is 497 Å². The minimum Gasteiger partial charge on any atom is -0.0776 e. The lowest BCUT2D eigenvalue weighted by Crippen LogP contribution is -0.856. The fraction of sp³-hybridized carbons (Fsp3) is 1.00. The van der Waals surface area contributed by atoms with Crippen molar-refractivity contribution in [1.82, 2.24) is 0 Å². The highest BCUT2D eigenvalue weighted by Gasteiger charge is 0.987. The van der Waals surface area contributed by atoms with Gasteiger partial charge in [0.25, 0.3) is 0 Å². The van der Waals surface area contributed by atoms with Gasteiger partial charge in [0.2, 0.25) is 0 Å². The van der Waals surface area contributed by atoms with Crippen LogP contribution in [0.2, 0.25) is 0 Å². The molecule has 0 heteroatoms. The lowest BCUT2D eigenvalue weighted by molar-refractivity contribution is 1.50. The van der Waals surface area contributed by atoms with Gasteiger partial charge in [-0.1, -0.05) is 499 Å². The quantitative estimate of drug-likeness (QED) is 0.227. The third-order valence-electron chi connectivity index (χ3n) is 0. The molecule has 0 aromatic carbocycles. The normalized spacial score (nSPS) is 2.37. The van der Waals surface area contributed by atoms with Crippen LogP contribution in [0, 0.1) is 0 Å². The molecule has 0 aliphatic carbocycles. The lowest BCUT2D eigenvalue weighted by atomic mass is 11.0. The average molecular weight is 1080 g/mol. The Hall–Kier alpha value is 0. The molecule has 0 fully saturated rings. The third kappa shape index (κ3) is 0. The van der Waals surface area contributed by atoms with Crippen LogP contribution in [0.4, 0.5) is 0 Å². The standard InChI is InChI=1S/28C2H6.15CH4/c28*1-2;;;;;;;;;;;;;;;/h28*1-2H3;15*1H4. The first kappa shape index (κ1) is 444. The molecule has 0 aliphatic rings. The molecule has 512 valence electrons. The van der Waals surface area contributed by atoms with Crippen molar-refractivity contribution in [3.05, 3.63) is 0 Å². The van der Waals surface area contributed by atoms with Gasteiger partial charge in [-0.25, -0.2) is 0 Å². The molecule has 0 bridgehead atoms. The molecular weight excluding hydrogens is 853 g/mol. The van der Waals surface area contributed by atoms with E-state index in [2.05, 4.69) is 0 Å². The second-order valence-electron chi connectivity index (χ2n) is 0. The van der Waals surface area contributed by atoms with Gasteiger partial charge in [0.05, 0.1) is 0 Å². The summed E-state index contributed by atoms with van der Waals surface area (Å²) < 4.78 is 0. The van der Waals surface area contributed by atoms with Crippen LogP contribution in [-0.4, -0.2) is 0 Å². The van der Waals surface area contributed by atoms with Gasteiger partial charge in [-0.15, -0.1) is 0 Å². The number of rotatable bonds is 0. The molecular formula is C71H228. The Balaban J connectivity index is -0.00000000277. The first-order valence-corrected chi connectivity index (χ1v) is 28.0. The van der Waals surface area contributed by atoms with Gasteiger partial charge in [0, 0.05) is 0 Å². The van der Waals surface area contributed by atoms with E-state index in [0.29, 0.717) is 0 Å². The Bertz CT molecular complexity index is 0. The summed E-state index contributed by atoms with van der Waals surface area (Å²) in [6, 6.07) is 0. The maximum atomic E-state index is 2.00. The summed E-state index contributed by atoms with van der Waals surface area (Å²) in [6.07, 6.45) is 0. The minimum atomic E-state index is 0. The second kappa shape index (κ2) is 0. The lowest BCUT2D eigenvalue weighted by Gasteiger charge is -1.07. The summed E-state index contributed by atoms with van der Waals surface area (Å²) in [5.74, 6) is 0. The summed E-state index contributed by atoms with van der Waals surface area (Å²) in [5, 5.41) is 0. The van der Waals surface area contributed by atoms with Crippen LogP contribution in [0.3, 0.4) is 0 Å². The van der Waals surface area contributed by atoms with Crippen LogP contribution in [0.1, 0.15) is 499 Å². The van der Waals surface area contributed by atoms with Crippen molar-refractivity contribution in [2.45, 2.75) is 499 Å². The molecule has 0 heterocycles. The fourth-order valence-electron chi connectivity index (χ4n) is 0. The van der Waals surface area contributed by atoms with E-state index in [1.54, 1.807) is 0 Å². The summed E-state index contributed by atoms with van der Waals surface area (Å²) in [7, 11) is 0. The van der Waals surface area contributed by atoms with E-state index in [9.17, 15) is 0 Å². The van der Waals surface area contributed by atoms with Crippen molar-refractivity contribution in [3.63, 3.8) is 0 Å². The zero-order valence-electron chi connectivity index (χ0n) is 56.0. The largest absolute Gasteiger partial charge is 0.0776 e. The topological polar surface area (TPSA) is 0 Å². The SMILES string of the molecule is C.C.C.C.C.C.C.C.C.C.C.C.C.C.C.CC.CC.CC.CC.CC.CC.CC.CC.CC.CC.CC.CC.CC.CC.CC.CC.CC.CC.CC.CC.CC.CC.CC.CC.CC.CC.CC.CC. The Morgan fingerprint density at radius 3 is 0.0423 bits per heavy atom. The molecule has 0 aliphatic heterocycles. The van der Waals surface area contributed by atoms with Gasteiger partial charge in [0.1, 0.15) is 0 Å². The smallest absolute Gasteiger partial charge is 0.0683 e. The molecule has 0 nitrogen and oxygen atoms in total. The summed E-state index contributed by atoms with van der Waals surface area (Å²) in [5.41, 5.74) is 0. The van der Waals surface area contributed by atoms with Crippen LogP contribution in [-0.2, 0) is 0 Å². The maximum Gasteiger partial charge on any atom is -0.0683 e. The fourth-order valence-corrected chi connectivity index (χ4v) is 0. The van der Waals surface area contributed by atoms with E-state index in [0.717, 1.165) is 0 Å². The molecule has 0 rings (SSSR count). The van der Waals surface area contributed by atoms with E-state index < -0.39 is 0 Å². The number of hydrogen-bond donors (Lipinski definition) is 0. The zero-order chi connectivity index (χ0) is 56.0. The van der Waals surface area contributed by atoms with Crippen LogP contribution in [0.5, 0.6) is 0 Å². The van der Waals surface area contributed by atoms with Crippen molar-refractivity contribution < 1.29 is 0 Å². The summed E-state index contributed by atoms with van der Waals surface area (Å²) >= 11 is 0. The predicted molar refractivity (Wildman–Crippen MR) is 419 cm³/mol. The van der Waals surface area contributed by atoms with Crippen molar-refractivity contribution in [2.75, 3.05) is 0 Å². The molecule has 0 radical (unpaired) electrons. The zero-order valence-corrected chi connectivity index (χ0v) is 56.0. The van der Waals surface area contributed by atoms with Gasteiger partial charge >= 0.3 is 0 Å². The van der Waals surface area contributed by atoms with Gasteiger partial charge in [-0.2, -0.15) is 0 Å². The van der Waals surface area contributed by atoms with Crippen molar-refractivity contribution in [3.8, 4) is 0 Å². The van der Waals surface area contributed by atoms with E-state index in [1.807, 2.05) is 388 Å². The molecule has 0 unspecified atom stereocenters. The first-order chi connectivity index (χ1) is 28.0. The van der Waals surface area contributed by atoms with Gasteiger partial charge in [-0.05, 0) is 0 Å². The van der Waals surface area contributed by atoms with Gasteiger partial charge in [-0.3, -0.25) is 0 Å². The Morgan fingerprint density at radius 2 is 0.0423 bits per heavy atom. The Kier molecular flexibility index (Phi) is 0. The highest BCUT2D eigenvalue weighted by molar-refractivity contribution is 3.56. The molecule has 0 N–H and O–H groups in total. The van der Waals surface area contributed by atoms with Crippen molar-refractivity contribution in [1.29, 1.82) is 0 Å². The predicted octanol–water partition coefficient (Wildman–Crippen LogP) is 38.3. The molecule has 0 atom stereocenters. The molecule has 0 spiro atoms. The summed E-state index contributed by atoms with van der Waals surface area (Å²) in [6.45, 7) is 112. The Morgan fingerprint density at radius 1 is 0.0423 bits per heavy atom. The first-order valence-electron chi connectivity index (χ1n) is 28.0. The van der Waals surface area contributed by atoms with E-state index >= 15 is 0 Å². The highest BCUT2D eigenvalue weighted by Crippen LogP contribution is 1.20. The van der Waals surface area contributed by atoms with Crippen LogP contribution in [0.25, 0.3) is 0 Å². The molecule has 0 saturated carbocycles. The van der Waals surface area contributed by atoms with Crippen molar-refractivity contribution >= 4 is 0 Å². The highest BCUT2D eigenvalue weighted by atomic mass is 13.1. The monoisotopic (exact) mass is 1080 g/mol. The van der Waals surface area contributed by atoms with Crippen molar-refractivity contribution in [2.24, 2.45) is 0 Å². The molecule has 0 saturated heterocycles. The van der Waals surface area contributed by atoms with Crippen LogP contribution >= 0.6 is 0 Å².